The molecule has 0 radical (unpaired) electrons. The molecule has 5 nitrogen and oxygen atoms in total. The molecule has 1 aliphatic heterocycles. The third-order valence-electron chi connectivity index (χ3n) is 4.08. The van der Waals surface area contributed by atoms with Crippen LogP contribution in [-0.2, 0) is 11.3 Å². The zero-order valence-electron chi connectivity index (χ0n) is 13.2. The van der Waals surface area contributed by atoms with E-state index in [0.717, 1.165) is 6.07 Å². The van der Waals surface area contributed by atoms with Crippen molar-refractivity contribution in [1.82, 2.24) is 9.78 Å². The molecule has 1 aliphatic rings. The van der Waals surface area contributed by atoms with Gasteiger partial charge in [-0.15, -0.1) is 11.8 Å². The lowest BCUT2D eigenvalue weighted by Crippen LogP contribution is -2.23. The van der Waals surface area contributed by atoms with Crippen LogP contribution in [0.5, 0.6) is 0 Å². The predicted octanol–water partition coefficient (Wildman–Crippen LogP) is 2.89. The van der Waals surface area contributed by atoms with Crippen LogP contribution in [0.25, 0.3) is 0 Å². The van der Waals surface area contributed by atoms with Crippen LogP contribution in [0.4, 0.5) is 8.78 Å². The molecular formula is C16H16F2N2O3S. The molecule has 128 valence electrons. The third kappa shape index (κ3) is 2.59. The van der Waals surface area contributed by atoms with E-state index in [9.17, 15) is 18.4 Å². The standard InChI is InChI=1S/C16H16F2N2O3S/c1-3-20-16(22)9(7-19-20)14(21)8-6-10(17)15-12(13(8)18)11(23-2)4-5-24-15/h6-7,11,19H,3-5H2,1-2H3. The van der Waals surface area contributed by atoms with Gasteiger partial charge in [-0.25, -0.2) is 8.78 Å². The van der Waals surface area contributed by atoms with Crippen LogP contribution in [0, 0.1) is 11.6 Å². The average Bonchev–Trinajstić information content (AvgIpc) is 2.97. The number of nitrogens with zero attached hydrogens (tertiary/aromatic N) is 1. The van der Waals surface area contributed by atoms with Crippen LogP contribution in [0.2, 0.25) is 0 Å². The lowest BCUT2D eigenvalue weighted by atomic mass is 9.97. The van der Waals surface area contributed by atoms with Gasteiger partial charge in [0.15, 0.2) is 0 Å². The molecule has 0 saturated heterocycles. The smallest absolute Gasteiger partial charge is 0.277 e. The van der Waals surface area contributed by atoms with Crippen molar-refractivity contribution in [3.63, 3.8) is 0 Å². The summed E-state index contributed by atoms with van der Waals surface area (Å²) in [7, 11) is 1.42. The second-order valence-electron chi connectivity index (χ2n) is 5.39. The van der Waals surface area contributed by atoms with E-state index in [-0.39, 0.29) is 16.0 Å². The van der Waals surface area contributed by atoms with Crippen LogP contribution in [-0.4, -0.2) is 28.4 Å². The zero-order chi connectivity index (χ0) is 17.4. The highest BCUT2D eigenvalue weighted by atomic mass is 32.2. The number of thioether (sulfide) groups is 1. The molecule has 0 amide bonds. The number of hydrogen-bond acceptors (Lipinski definition) is 4. The number of aryl methyl sites for hydroxylation is 1. The maximum atomic E-state index is 14.9. The summed E-state index contributed by atoms with van der Waals surface area (Å²) in [4.78, 5) is 24.8. The van der Waals surface area contributed by atoms with E-state index in [2.05, 4.69) is 5.10 Å². The number of aromatic nitrogens is 2. The number of benzene rings is 1. The van der Waals surface area contributed by atoms with Gasteiger partial charge in [-0.2, -0.15) is 0 Å². The van der Waals surface area contributed by atoms with Crippen molar-refractivity contribution < 1.29 is 18.3 Å². The van der Waals surface area contributed by atoms with E-state index in [1.165, 1.54) is 29.8 Å². The van der Waals surface area contributed by atoms with E-state index in [1.807, 2.05) is 0 Å². The first-order chi connectivity index (χ1) is 11.5. The molecule has 1 aromatic carbocycles. The second-order valence-corrected chi connectivity index (χ2v) is 6.50. The highest BCUT2D eigenvalue weighted by Crippen LogP contribution is 2.42. The first-order valence-electron chi connectivity index (χ1n) is 7.50. The topological polar surface area (TPSA) is 64.1 Å². The number of ketones is 1. The van der Waals surface area contributed by atoms with Crippen LogP contribution in [0.3, 0.4) is 0 Å². The number of H-pyrrole nitrogens is 1. The Labute approximate surface area is 141 Å². The van der Waals surface area contributed by atoms with Crippen LogP contribution < -0.4 is 5.56 Å². The Hall–Kier alpha value is -1.93. The average molecular weight is 354 g/mol. The lowest BCUT2D eigenvalue weighted by Gasteiger charge is -2.25. The molecule has 2 heterocycles. The Bertz CT molecular complexity index is 860. The number of aromatic amines is 1. The van der Waals surface area contributed by atoms with Gasteiger partial charge in [-0.3, -0.25) is 14.3 Å². The number of halogens is 2. The number of rotatable bonds is 4. The van der Waals surface area contributed by atoms with E-state index in [1.54, 1.807) is 6.92 Å². The Kier molecular flexibility index (Phi) is 4.60. The highest BCUT2D eigenvalue weighted by Gasteiger charge is 2.31. The van der Waals surface area contributed by atoms with Crippen molar-refractivity contribution in [2.24, 2.45) is 0 Å². The quantitative estimate of drug-likeness (QED) is 0.858. The van der Waals surface area contributed by atoms with Crippen molar-refractivity contribution >= 4 is 17.5 Å². The number of nitrogens with one attached hydrogen (secondary N) is 1. The molecule has 1 aromatic heterocycles. The van der Waals surface area contributed by atoms with Crippen molar-refractivity contribution in [1.29, 1.82) is 0 Å². The van der Waals surface area contributed by atoms with Gasteiger partial charge in [-0.05, 0) is 19.4 Å². The minimum absolute atomic E-state index is 0.0588. The van der Waals surface area contributed by atoms with Crippen molar-refractivity contribution in [3.05, 3.63) is 50.9 Å². The third-order valence-corrected chi connectivity index (χ3v) is 5.23. The molecule has 0 saturated carbocycles. The number of hydrogen-bond donors (Lipinski definition) is 1. The first kappa shape index (κ1) is 16.9. The summed E-state index contributed by atoms with van der Waals surface area (Å²) in [6.45, 7) is 2.07. The van der Waals surface area contributed by atoms with Gasteiger partial charge < -0.3 is 9.84 Å². The Morgan fingerprint density at radius 3 is 2.83 bits per heavy atom. The molecule has 1 atom stereocenters. The van der Waals surface area contributed by atoms with Gasteiger partial charge in [-0.1, -0.05) is 0 Å². The molecule has 2 aromatic rings. The van der Waals surface area contributed by atoms with Gasteiger partial charge in [0.05, 0.1) is 16.6 Å². The largest absolute Gasteiger partial charge is 0.377 e. The van der Waals surface area contributed by atoms with Crippen LogP contribution in [0.1, 0.15) is 40.9 Å². The summed E-state index contributed by atoms with van der Waals surface area (Å²) >= 11 is 1.20. The molecule has 0 aliphatic carbocycles. The number of carbonyl (C=O) groups excluding carboxylic acids is 1. The van der Waals surface area contributed by atoms with E-state index in [0.29, 0.717) is 18.7 Å². The minimum Gasteiger partial charge on any atom is -0.377 e. The molecule has 1 N–H and O–H groups in total. The van der Waals surface area contributed by atoms with Crippen molar-refractivity contribution in [2.45, 2.75) is 30.9 Å². The summed E-state index contributed by atoms with van der Waals surface area (Å²) < 4.78 is 35.8. The van der Waals surface area contributed by atoms with Crippen molar-refractivity contribution in [2.75, 3.05) is 12.9 Å². The Morgan fingerprint density at radius 1 is 1.46 bits per heavy atom. The monoisotopic (exact) mass is 354 g/mol. The molecule has 24 heavy (non-hydrogen) atoms. The molecular weight excluding hydrogens is 338 g/mol. The summed E-state index contributed by atoms with van der Waals surface area (Å²) in [6.07, 6.45) is 1.13. The number of fused-ring (bicyclic) bond motifs is 1. The Morgan fingerprint density at radius 2 is 2.21 bits per heavy atom. The summed E-state index contributed by atoms with van der Waals surface area (Å²) in [5.41, 5.74) is -1.16. The highest BCUT2D eigenvalue weighted by molar-refractivity contribution is 7.99. The van der Waals surface area contributed by atoms with Gasteiger partial charge >= 0.3 is 0 Å². The van der Waals surface area contributed by atoms with Gasteiger partial charge in [0.1, 0.15) is 17.2 Å². The SMILES string of the molecule is CCn1[nH]cc(C(=O)c2cc(F)c3c(c2F)C(OC)CCS3)c1=O. The second kappa shape index (κ2) is 6.52. The van der Waals surface area contributed by atoms with E-state index in [4.69, 9.17) is 4.74 Å². The molecule has 0 bridgehead atoms. The summed E-state index contributed by atoms with van der Waals surface area (Å²) in [6, 6.07) is 0.865. The minimum atomic E-state index is -0.840. The molecule has 3 rings (SSSR count). The predicted molar refractivity (Wildman–Crippen MR) is 85.6 cm³/mol. The zero-order valence-corrected chi connectivity index (χ0v) is 14.0. The fourth-order valence-electron chi connectivity index (χ4n) is 2.83. The molecule has 1 unspecified atom stereocenters. The lowest BCUT2D eigenvalue weighted by molar-refractivity contribution is 0.0923. The summed E-state index contributed by atoms with van der Waals surface area (Å²) in [5.74, 6) is -1.73. The van der Waals surface area contributed by atoms with Crippen molar-refractivity contribution in [3.8, 4) is 0 Å². The molecule has 8 heteroatoms. The first-order valence-corrected chi connectivity index (χ1v) is 8.48. The van der Waals surface area contributed by atoms with E-state index < -0.39 is 34.6 Å². The summed E-state index contributed by atoms with van der Waals surface area (Å²) in [5, 5.41) is 2.63. The number of methoxy groups -OCH3 is 1. The van der Waals surface area contributed by atoms with Gasteiger partial charge in [0.2, 0.25) is 5.78 Å². The fraction of sp³-hybridized carbons (Fsp3) is 0.375. The maximum absolute atomic E-state index is 14.9. The van der Waals surface area contributed by atoms with Crippen LogP contribution in [0.15, 0.2) is 22.0 Å². The number of ether oxygens (including phenoxy) is 1. The number of carbonyl (C=O) groups is 1. The van der Waals surface area contributed by atoms with E-state index >= 15 is 0 Å². The van der Waals surface area contributed by atoms with Gasteiger partial charge in [0, 0.05) is 31.2 Å². The molecule has 0 spiro atoms. The van der Waals surface area contributed by atoms with Crippen LogP contribution >= 0.6 is 11.8 Å². The van der Waals surface area contributed by atoms with Gasteiger partial charge in [0.25, 0.3) is 5.56 Å². The maximum Gasteiger partial charge on any atom is 0.277 e. The fourth-order valence-corrected chi connectivity index (χ4v) is 3.94. The normalized spacial score (nSPS) is 16.9. The Balaban J connectivity index is 2.15. The molecule has 0 fully saturated rings.